The predicted molar refractivity (Wildman–Crippen MR) is 78.1 cm³/mol. The van der Waals surface area contributed by atoms with Crippen molar-refractivity contribution >= 4 is 13.6 Å². The molecule has 0 spiro atoms. The zero-order valence-electron chi connectivity index (χ0n) is 12.6. The molecule has 1 aromatic heterocycles. The maximum atomic E-state index is 7.75. The Bertz CT molecular complexity index is 269. The second-order valence-corrected chi connectivity index (χ2v) is 4.80. The van der Waals surface area contributed by atoms with Gasteiger partial charge >= 0.3 is 19.5 Å². The number of carbonyl (C=O) groups excluding carboxylic acids is 2. The maximum absolute atomic E-state index is 7.75. The Morgan fingerprint density at radius 2 is 1.50 bits per heavy atom. The smallest absolute Gasteiger partial charge is 0.545 e. The van der Waals surface area contributed by atoms with Crippen LogP contribution < -0.4 is 0 Å². The minimum absolute atomic E-state index is 0. The Labute approximate surface area is 136 Å². The van der Waals surface area contributed by atoms with Crippen LogP contribution in [0.4, 0.5) is 0 Å². The van der Waals surface area contributed by atoms with Crippen LogP contribution in [-0.4, -0.2) is 23.1 Å². The zero-order valence-corrected chi connectivity index (χ0v) is 14.3. The van der Waals surface area contributed by atoms with Gasteiger partial charge in [0.25, 0.3) is 0 Å². The van der Waals surface area contributed by atoms with Crippen molar-refractivity contribution in [1.82, 2.24) is 9.55 Å². The first-order chi connectivity index (χ1) is 9.20. The van der Waals surface area contributed by atoms with Crippen molar-refractivity contribution < 1.29 is 29.1 Å². The maximum Gasteiger partial charge on any atom is 3.00 e. The molecule has 1 saturated carbocycles. The van der Waals surface area contributed by atoms with Crippen LogP contribution in [0.5, 0.6) is 0 Å². The summed E-state index contributed by atoms with van der Waals surface area (Å²) >= 11 is 0. The Balaban J connectivity index is -0.000000277. The van der Waals surface area contributed by atoms with E-state index in [0.29, 0.717) is 0 Å². The van der Waals surface area contributed by atoms with Gasteiger partial charge in [0, 0.05) is 18.4 Å². The molecule has 1 fully saturated rings. The van der Waals surface area contributed by atoms with Crippen LogP contribution in [0.1, 0.15) is 58.9 Å². The normalized spacial score (nSPS) is 13.4. The van der Waals surface area contributed by atoms with E-state index >= 15 is 0 Å². The number of nitrogens with zero attached hydrogens (tertiary/aromatic N) is 2. The van der Waals surface area contributed by atoms with Crippen LogP contribution in [0.2, 0.25) is 0 Å². The van der Waals surface area contributed by atoms with Crippen molar-refractivity contribution in [2.45, 2.75) is 58.9 Å². The summed E-state index contributed by atoms with van der Waals surface area (Å²) in [5.74, 6) is 1.42. The molecule has 1 aliphatic rings. The quantitative estimate of drug-likeness (QED) is 0.434. The van der Waals surface area contributed by atoms with Gasteiger partial charge in [-0.05, 0) is 12.8 Å². The molecule has 115 valence electrons. The molecule has 4 nitrogen and oxygen atoms in total. The molecule has 1 heterocycles. The Hall–Kier alpha value is -0.827. The van der Waals surface area contributed by atoms with Gasteiger partial charge in [0.15, 0.2) is 0 Å². The summed E-state index contributed by atoms with van der Waals surface area (Å²) in [6.45, 7) is 12.8. The first-order valence-corrected chi connectivity index (χ1v) is 6.41. The Kier molecular flexibility index (Phi) is 22.0. The Morgan fingerprint density at radius 3 is 1.85 bits per heavy atom. The fourth-order valence-electron chi connectivity index (χ4n) is 1.86. The van der Waals surface area contributed by atoms with E-state index in [1.54, 1.807) is 0 Å². The monoisotopic (exact) mass is 367 g/mol. The summed E-state index contributed by atoms with van der Waals surface area (Å²) < 4.78 is 2.25. The van der Waals surface area contributed by atoms with E-state index in [1.165, 1.54) is 38.0 Å². The van der Waals surface area contributed by atoms with Crippen molar-refractivity contribution in [2.75, 3.05) is 0 Å². The molecular weight excluding hydrogens is 341 g/mol. The molecule has 0 aliphatic heterocycles. The van der Waals surface area contributed by atoms with E-state index in [9.17, 15) is 0 Å². The molecule has 1 aromatic rings. The molecule has 0 saturated heterocycles. The summed E-state index contributed by atoms with van der Waals surface area (Å²) in [7, 11) is 0. The molecule has 1 aliphatic carbocycles. The van der Waals surface area contributed by atoms with Crippen LogP contribution in [0.3, 0.4) is 0 Å². The van der Waals surface area contributed by atoms with Gasteiger partial charge in [0.05, 0.1) is 6.33 Å². The first kappa shape index (κ1) is 24.2. The molecule has 0 bridgehead atoms. The minimum Gasteiger partial charge on any atom is -0.545 e. The third-order valence-electron chi connectivity index (χ3n) is 2.52. The van der Waals surface area contributed by atoms with Crippen molar-refractivity contribution in [3.63, 3.8) is 0 Å². The molecule has 0 N–H and O–H groups in total. The third-order valence-corrected chi connectivity index (χ3v) is 2.52. The largest absolute Gasteiger partial charge is 3.00 e. The van der Waals surface area contributed by atoms with Crippen LogP contribution in [0, 0.1) is 5.92 Å². The van der Waals surface area contributed by atoms with Crippen molar-refractivity contribution in [3.8, 4) is 0 Å². The van der Waals surface area contributed by atoms with Gasteiger partial charge in [-0.2, -0.15) is 20.8 Å². The number of hydrogen-bond acceptors (Lipinski definition) is 3. The molecule has 0 amide bonds. The SMILES string of the molecule is C[C-](C)C.[CH-]=O.[CH-]=O.[Ru+3].c1cn(C2CCCCC2)cn1. The van der Waals surface area contributed by atoms with Crippen LogP contribution in [0.25, 0.3) is 0 Å². The van der Waals surface area contributed by atoms with Gasteiger partial charge in [0.1, 0.15) is 0 Å². The summed E-state index contributed by atoms with van der Waals surface area (Å²) in [6.07, 6.45) is 12.8. The molecule has 5 heteroatoms. The van der Waals surface area contributed by atoms with E-state index in [2.05, 4.69) is 50.1 Å². The minimum atomic E-state index is 0. The van der Waals surface area contributed by atoms with Gasteiger partial charge in [-0.15, -0.1) is 0 Å². The number of rotatable bonds is 1. The van der Waals surface area contributed by atoms with Crippen LogP contribution in [0.15, 0.2) is 18.7 Å². The summed E-state index contributed by atoms with van der Waals surface area (Å²) in [5, 5.41) is 0. The summed E-state index contributed by atoms with van der Waals surface area (Å²) in [4.78, 5) is 19.6. The van der Waals surface area contributed by atoms with Gasteiger partial charge in [-0.3, -0.25) is 13.6 Å². The topological polar surface area (TPSA) is 52.0 Å². The molecule has 20 heavy (non-hydrogen) atoms. The molecule has 1 radical (unpaired) electrons. The predicted octanol–water partition coefficient (Wildman–Crippen LogP) is 3.46. The van der Waals surface area contributed by atoms with E-state index in [0.717, 1.165) is 6.04 Å². The third kappa shape index (κ3) is 13.6. The average molecular weight is 366 g/mol. The van der Waals surface area contributed by atoms with E-state index in [4.69, 9.17) is 9.59 Å². The summed E-state index contributed by atoms with van der Waals surface area (Å²) in [5.41, 5.74) is 0. The number of imidazole rings is 1. The Morgan fingerprint density at radius 1 is 1.05 bits per heavy atom. The average Bonchev–Trinajstić information content (AvgIpc) is 2.98. The molecule has 2 rings (SSSR count). The molecule has 0 aromatic carbocycles. The van der Waals surface area contributed by atoms with Crippen molar-refractivity contribution in [3.05, 3.63) is 24.6 Å². The van der Waals surface area contributed by atoms with E-state index in [-0.39, 0.29) is 19.5 Å². The van der Waals surface area contributed by atoms with Crippen LogP contribution >= 0.6 is 0 Å². The van der Waals surface area contributed by atoms with Crippen LogP contribution in [-0.2, 0) is 29.1 Å². The molecular formula is C15H25N2O2Ru. The van der Waals surface area contributed by atoms with Gasteiger partial charge in [-0.25, -0.2) is 4.98 Å². The van der Waals surface area contributed by atoms with Crippen molar-refractivity contribution in [1.29, 1.82) is 0 Å². The fourth-order valence-corrected chi connectivity index (χ4v) is 1.86. The molecule has 0 atom stereocenters. The zero-order chi connectivity index (χ0) is 15.1. The van der Waals surface area contributed by atoms with E-state index in [1.807, 2.05) is 12.5 Å². The van der Waals surface area contributed by atoms with E-state index < -0.39 is 0 Å². The van der Waals surface area contributed by atoms with Gasteiger partial charge in [-0.1, -0.05) is 19.3 Å². The second-order valence-electron chi connectivity index (χ2n) is 4.80. The van der Waals surface area contributed by atoms with Gasteiger partial charge in [0.2, 0.25) is 0 Å². The summed E-state index contributed by atoms with van der Waals surface area (Å²) in [6, 6.07) is 0.742. The second kappa shape index (κ2) is 18.2. The first-order valence-electron chi connectivity index (χ1n) is 6.41. The van der Waals surface area contributed by atoms with Gasteiger partial charge < -0.3 is 20.1 Å². The molecule has 0 unspecified atom stereocenters. The number of aromatic nitrogens is 2. The standard InChI is InChI=1S/C9H14N2.C4H9.2CHO.Ru/c1-2-4-9(5-3-1)11-7-6-10-8-11;1-4(2)3;2*1-2;/h6-9H,1-5H2;1-3H3;2*1H;/q;3*-1;+3. The van der Waals surface area contributed by atoms with Crippen molar-refractivity contribution in [2.24, 2.45) is 0 Å². The number of hydrogen-bond donors (Lipinski definition) is 0. The fraction of sp³-hybridized carbons (Fsp3) is 0.600.